The largest absolute Gasteiger partial charge is 2.00 e. The molecule has 0 radical (unpaired) electrons. The number of hydrogen-bond donors (Lipinski definition) is 0. The Balaban J connectivity index is 0.00000357. The second-order valence-electron chi connectivity index (χ2n) is 10.4. The molecule has 3 heterocycles. The van der Waals surface area contributed by atoms with Crippen LogP contribution in [-0.4, -0.2) is 26.4 Å². The van der Waals surface area contributed by atoms with Crippen molar-refractivity contribution in [2.75, 3.05) is 7.11 Å². The molecular weight excluding hydrogens is 753 g/mol. The average Bonchev–Trinajstić information content (AvgIpc) is 3.67. The van der Waals surface area contributed by atoms with Gasteiger partial charge < -0.3 is 14.0 Å². The number of alkyl halides is 2. The fraction of sp³-hybridized carbons (Fsp3) is 0.111. The first-order valence-corrected chi connectivity index (χ1v) is 14.0. The van der Waals surface area contributed by atoms with Crippen molar-refractivity contribution in [2.24, 2.45) is 0 Å². The van der Waals surface area contributed by atoms with Gasteiger partial charge in [-0.2, -0.15) is 17.2 Å². The Hall–Kier alpha value is -4.81. The van der Waals surface area contributed by atoms with E-state index in [9.17, 15) is 8.78 Å². The Bertz CT molecular complexity index is 2130. The van der Waals surface area contributed by atoms with E-state index in [-0.39, 0.29) is 21.1 Å². The summed E-state index contributed by atoms with van der Waals surface area (Å²) in [6.07, 6.45) is 5.07. The Morgan fingerprint density at radius 3 is 2.40 bits per heavy atom. The molecule has 3 aromatic heterocycles. The number of hydrogen-bond acceptors (Lipinski definition) is 4. The zero-order valence-electron chi connectivity index (χ0n) is 24.3. The Kier molecular flexibility index (Phi) is 8.50. The molecule has 4 aromatic carbocycles. The van der Waals surface area contributed by atoms with Crippen molar-refractivity contribution in [3.05, 3.63) is 126 Å². The number of fused-ring (bicyclic) bond motifs is 3. The van der Waals surface area contributed by atoms with Gasteiger partial charge in [-0.15, -0.1) is 35.7 Å². The van der Waals surface area contributed by atoms with Gasteiger partial charge in [-0.1, -0.05) is 41.4 Å². The third-order valence-electron chi connectivity index (χ3n) is 7.56. The van der Waals surface area contributed by atoms with Gasteiger partial charge in [0.2, 0.25) is 0 Å². The molecule has 6 nitrogen and oxygen atoms in total. The van der Waals surface area contributed by atoms with E-state index in [0.29, 0.717) is 51.0 Å². The predicted octanol–water partition coefficient (Wildman–Crippen LogP) is 8.68. The van der Waals surface area contributed by atoms with Crippen molar-refractivity contribution in [1.82, 2.24) is 19.3 Å². The van der Waals surface area contributed by atoms with Crippen molar-refractivity contribution in [3.8, 4) is 39.9 Å². The Morgan fingerprint density at radius 2 is 1.62 bits per heavy atom. The Labute approximate surface area is 273 Å². The summed E-state index contributed by atoms with van der Waals surface area (Å²) in [6, 6.07) is 31.3. The third kappa shape index (κ3) is 5.62. The maximum absolute atomic E-state index is 13.9. The summed E-state index contributed by atoms with van der Waals surface area (Å²) in [7, 11) is 1.63. The molecule has 7 aromatic rings. The SMILES string of the molecule is COc1ccnc(-n2c3[c-]c(Oc4[c-]c(-n5cc(-c6c(CF)cc(C)cc6CF)cn5)ccc4)ccc3c3ccccc32)c1.[Pt+2]. The predicted molar refractivity (Wildman–Crippen MR) is 166 cm³/mol. The van der Waals surface area contributed by atoms with Crippen LogP contribution in [0.25, 0.3) is 44.4 Å². The number of ether oxygens (including phenoxy) is 2. The molecule has 0 unspecified atom stereocenters. The minimum atomic E-state index is -0.696. The van der Waals surface area contributed by atoms with E-state index in [1.807, 2.05) is 66.1 Å². The number of rotatable bonds is 8. The second-order valence-corrected chi connectivity index (χ2v) is 10.4. The minimum Gasteiger partial charge on any atom is -0.509 e. The van der Waals surface area contributed by atoms with Crippen LogP contribution in [0.4, 0.5) is 8.78 Å². The van der Waals surface area contributed by atoms with Gasteiger partial charge in [0.25, 0.3) is 0 Å². The van der Waals surface area contributed by atoms with E-state index in [1.165, 1.54) is 0 Å². The van der Waals surface area contributed by atoms with Gasteiger partial charge in [-0.3, -0.25) is 4.68 Å². The van der Waals surface area contributed by atoms with Crippen LogP contribution in [0.1, 0.15) is 16.7 Å². The van der Waals surface area contributed by atoms with Crippen LogP contribution < -0.4 is 9.47 Å². The number of para-hydroxylation sites is 1. The molecule has 0 aliphatic carbocycles. The van der Waals surface area contributed by atoms with E-state index in [4.69, 9.17) is 9.47 Å². The summed E-state index contributed by atoms with van der Waals surface area (Å²) in [4.78, 5) is 4.60. The van der Waals surface area contributed by atoms with Crippen molar-refractivity contribution in [1.29, 1.82) is 0 Å². The van der Waals surface area contributed by atoms with E-state index < -0.39 is 13.3 Å². The summed E-state index contributed by atoms with van der Waals surface area (Å²) in [5, 5.41) is 6.54. The number of methoxy groups -OCH3 is 1. The van der Waals surface area contributed by atoms with E-state index in [0.717, 1.165) is 27.4 Å². The molecule has 0 saturated carbocycles. The summed E-state index contributed by atoms with van der Waals surface area (Å²) in [5.74, 6) is 2.36. The number of halogens is 2. The second kappa shape index (κ2) is 12.7. The molecule has 0 fully saturated rings. The van der Waals surface area contributed by atoms with Crippen LogP contribution in [-0.2, 0) is 34.4 Å². The van der Waals surface area contributed by atoms with Crippen LogP contribution in [0.3, 0.4) is 0 Å². The zero-order valence-corrected chi connectivity index (χ0v) is 26.6. The number of pyridine rings is 1. The van der Waals surface area contributed by atoms with Crippen molar-refractivity contribution < 1.29 is 39.3 Å². The molecule has 0 aliphatic rings. The third-order valence-corrected chi connectivity index (χ3v) is 7.56. The molecule has 0 saturated heterocycles. The number of benzene rings is 4. The topological polar surface area (TPSA) is 54.1 Å². The first kappa shape index (κ1) is 30.2. The smallest absolute Gasteiger partial charge is 0.509 e. The summed E-state index contributed by atoms with van der Waals surface area (Å²) < 4.78 is 43.1. The summed E-state index contributed by atoms with van der Waals surface area (Å²) in [6.45, 7) is 0.438. The van der Waals surface area contributed by atoms with Crippen molar-refractivity contribution in [2.45, 2.75) is 20.3 Å². The molecule has 0 bridgehead atoms. The first-order chi connectivity index (χ1) is 21.6. The van der Waals surface area contributed by atoms with Gasteiger partial charge in [0.1, 0.15) is 24.9 Å². The molecule has 0 atom stereocenters. The van der Waals surface area contributed by atoms with E-state index >= 15 is 0 Å². The van der Waals surface area contributed by atoms with Gasteiger partial charge in [-0.25, -0.2) is 13.8 Å². The molecule has 0 aliphatic heterocycles. The van der Waals surface area contributed by atoms with Crippen molar-refractivity contribution in [3.63, 3.8) is 0 Å². The quantitative estimate of drug-likeness (QED) is 0.145. The Morgan fingerprint density at radius 1 is 0.844 bits per heavy atom. The fourth-order valence-electron chi connectivity index (χ4n) is 5.68. The zero-order chi connectivity index (χ0) is 30.2. The fourth-order valence-corrected chi connectivity index (χ4v) is 5.68. The molecule has 0 N–H and O–H groups in total. The molecule has 9 heteroatoms. The van der Waals surface area contributed by atoms with Gasteiger partial charge in [0.15, 0.2) is 0 Å². The van der Waals surface area contributed by atoms with Crippen molar-refractivity contribution >= 4 is 21.8 Å². The number of aromatic nitrogens is 4. The van der Waals surface area contributed by atoms with Gasteiger partial charge in [0, 0.05) is 41.0 Å². The van der Waals surface area contributed by atoms with Crippen LogP contribution in [0, 0.1) is 19.1 Å². The molecule has 0 spiro atoms. The average molecular weight is 780 g/mol. The summed E-state index contributed by atoms with van der Waals surface area (Å²) in [5.41, 5.74) is 5.25. The van der Waals surface area contributed by atoms with Gasteiger partial charge >= 0.3 is 21.1 Å². The summed E-state index contributed by atoms with van der Waals surface area (Å²) >= 11 is 0. The monoisotopic (exact) mass is 779 g/mol. The normalized spacial score (nSPS) is 11.1. The van der Waals surface area contributed by atoms with E-state index in [1.54, 1.807) is 48.6 Å². The number of aryl methyl sites for hydroxylation is 1. The standard InChI is InChI=1S/C36H26F2N4O2.Pt/c1-23-14-24(19-37)36(25(15-23)20-38)26-21-40-41(22-26)27-6-5-7-29(16-27)44-30-10-11-32-31-8-3-4-9-33(31)42(34(32)17-30)35-18-28(43-2)12-13-39-35;/h3-15,18,21-22H,19-20H2,1-2H3;/q-2;+2. The van der Waals surface area contributed by atoms with Crippen LogP contribution in [0.5, 0.6) is 17.2 Å². The first-order valence-electron chi connectivity index (χ1n) is 14.0. The van der Waals surface area contributed by atoms with E-state index in [2.05, 4.69) is 28.3 Å². The van der Waals surface area contributed by atoms with Crippen LogP contribution in [0.15, 0.2) is 97.5 Å². The molecule has 7 rings (SSSR count). The molecule has 45 heavy (non-hydrogen) atoms. The van der Waals surface area contributed by atoms with Gasteiger partial charge in [0.05, 0.1) is 13.3 Å². The molecule has 0 amide bonds. The maximum atomic E-state index is 13.9. The minimum absolute atomic E-state index is 0. The van der Waals surface area contributed by atoms with Gasteiger partial charge in [-0.05, 0) is 46.8 Å². The van der Waals surface area contributed by atoms with Crippen LogP contribution in [0.2, 0.25) is 0 Å². The number of nitrogens with zero attached hydrogens (tertiary/aromatic N) is 4. The maximum Gasteiger partial charge on any atom is 2.00 e. The van der Waals surface area contributed by atoms with Crippen LogP contribution >= 0.6 is 0 Å². The molecule has 226 valence electrons. The molecular formula is C36H26F2N4O2Pt.